The smallest absolute Gasteiger partial charge is 0.330 e. The topological polar surface area (TPSA) is 97.8 Å². The molecular weight excluding hydrogens is 256 g/mol. The van der Waals surface area contributed by atoms with Gasteiger partial charge < -0.3 is 29.2 Å². The number of hydrogen-bond donors (Lipinski definition) is 2. The fraction of sp³-hybridized carbons (Fsp3) is 0.750. The molecule has 0 aromatic heterocycles. The van der Waals surface area contributed by atoms with Crippen molar-refractivity contribution in [1.29, 1.82) is 0 Å². The molecule has 7 heteroatoms. The first-order valence-electron chi connectivity index (χ1n) is 6.03. The van der Waals surface area contributed by atoms with Crippen molar-refractivity contribution >= 4 is 5.97 Å². The van der Waals surface area contributed by atoms with Crippen LogP contribution < -0.4 is 0 Å². The van der Waals surface area contributed by atoms with Crippen LogP contribution in [0.3, 0.4) is 0 Å². The minimum Gasteiger partial charge on any atom is -0.460 e. The number of rotatable bonds is 10. The summed E-state index contributed by atoms with van der Waals surface area (Å²) in [4.78, 5) is 10.8. The lowest BCUT2D eigenvalue weighted by atomic mass is 10.3. The molecule has 0 aliphatic carbocycles. The fourth-order valence-corrected chi connectivity index (χ4v) is 1.18. The molecule has 2 N–H and O–H groups in total. The van der Waals surface area contributed by atoms with Gasteiger partial charge in [0, 0.05) is 6.08 Å². The van der Waals surface area contributed by atoms with Gasteiger partial charge in [-0.05, 0) is 6.92 Å². The Labute approximate surface area is 111 Å². The predicted molar refractivity (Wildman–Crippen MR) is 64.3 cm³/mol. The Morgan fingerprint density at radius 3 is 2.68 bits per heavy atom. The van der Waals surface area contributed by atoms with Crippen molar-refractivity contribution in [1.82, 2.24) is 0 Å². The zero-order valence-electron chi connectivity index (χ0n) is 10.9. The number of ether oxygens (including phenoxy) is 4. The molecule has 4 unspecified atom stereocenters. The van der Waals surface area contributed by atoms with Gasteiger partial charge in [-0.2, -0.15) is 0 Å². The third-order valence-corrected chi connectivity index (χ3v) is 2.28. The van der Waals surface area contributed by atoms with Gasteiger partial charge in [0.25, 0.3) is 0 Å². The molecule has 4 atom stereocenters. The molecule has 0 aromatic rings. The van der Waals surface area contributed by atoms with Gasteiger partial charge in [-0.3, -0.25) is 0 Å². The molecule has 0 spiro atoms. The lowest BCUT2D eigenvalue weighted by Gasteiger charge is -2.22. The highest BCUT2D eigenvalue weighted by Gasteiger charge is 2.26. The zero-order valence-corrected chi connectivity index (χ0v) is 10.9. The number of aliphatic hydroxyl groups is 2. The van der Waals surface area contributed by atoms with Crippen LogP contribution in [-0.2, 0) is 23.7 Å². The van der Waals surface area contributed by atoms with Crippen molar-refractivity contribution in [3.8, 4) is 0 Å². The van der Waals surface area contributed by atoms with Gasteiger partial charge in [0.15, 0.2) is 6.29 Å². The van der Waals surface area contributed by atoms with E-state index in [4.69, 9.17) is 14.2 Å². The third kappa shape index (κ3) is 7.24. The van der Waals surface area contributed by atoms with Crippen LogP contribution in [0.1, 0.15) is 6.92 Å². The van der Waals surface area contributed by atoms with E-state index in [-0.39, 0.29) is 19.3 Å². The van der Waals surface area contributed by atoms with E-state index in [0.717, 1.165) is 6.08 Å². The number of carbonyl (C=O) groups excluding carboxylic acids is 1. The molecule has 0 saturated carbocycles. The second kappa shape index (κ2) is 8.23. The van der Waals surface area contributed by atoms with Crippen LogP contribution >= 0.6 is 0 Å². The maximum Gasteiger partial charge on any atom is 0.330 e. The molecule has 0 bridgehead atoms. The van der Waals surface area contributed by atoms with Gasteiger partial charge in [0.1, 0.15) is 24.9 Å². The predicted octanol–water partition coefficient (Wildman–Crippen LogP) is -0.785. The molecule has 110 valence electrons. The lowest BCUT2D eigenvalue weighted by molar-refractivity contribution is -0.204. The monoisotopic (exact) mass is 276 g/mol. The van der Waals surface area contributed by atoms with Crippen LogP contribution in [0.15, 0.2) is 12.7 Å². The minimum absolute atomic E-state index is 0.0586. The summed E-state index contributed by atoms with van der Waals surface area (Å²) in [7, 11) is 0. The van der Waals surface area contributed by atoms with Crippen molar-refractivity contribution in [3.63, 3.8) is 0 Å². The van der Waals surface area contributed by atoms with E-state index < -0.39 is 24.5 Å². The maximum absolute atomic E-state index is 10.8. The summed E-state index contributed by atoms with van der Waals surface area (Å²) >= 11 is 0. The van der Waals surface area contributed by atoms with Crippen molar-refractivity contribution in [2.24, 2.45) is 0 Å². The van der Waals surface area contributed by atoms with Crippen LogP contribution in [0.2, 0.25) is 0 Å². The molecule has 1 aliphatic rings. The first kappa shape index (κ1) is 16.1. The van der Waals surface area contributed by atoms with E-state index in [2.05, 4.69) is 11.3 Å². The van der Waals surface area contributed by atoms with Crippen LogP contribution in [0, 0.1) is 0 Å². The number of carbonyl (C=O) groups is 1. The normalized spacial score (nSPS) is 22.4. The molecule has 19 heavy (non-hydrogen) atoms. The average Bonchev–Trinajstić information content (AvgIpc) is 3.19. The fourth-order valence-electron chi connectivity index (χ4n) is 1.18. The summed E-state index contributed by atoms with van der Waals surface area (Å²) in [5.74, 6) is -0.617. The van der Waals surface area contributed by atoms with E-state index in [9.17, 15) is 15.0 Å². The molecule has 1 aliphatic heterocycles. The minimum atomic E-state index is -0.995. The third-order valence-electron chi connectivity index (χ3n) is 2.28. The van der Waals surface area contributed by atoms with E-state index in [1.54, 1.807) is 0 Å². The molecule has 0 radical (unpaired) electrons. The Hall–Kier alpha value is -0.990. The number of epoxide rings is 1. The summed E-state index contributed by atoms with van der Waals surface area (Å²) in [5, 5.41) is 19.0. The van der Waals surface area contributed by atoms with Gasteiger partial charge >= 0.3 is 5.97 Å². The Kier molecular flexibility index (Phi) is 6.96. The van der Waals surface area contributed by atoms with Gasteiger partial charge in [0.05, 0.1) is 19.8 Å². The highest BCUT2D eigenvalue weighted by Crippen LogP contribution is 2.12. The van der Waals surface area contributed by atoms with E-state index in [1.807, 2.05) is 0 Å². The Morgan fingerprint density at radius 1 is 1.47 bits per heavy atom. The lowest BCUT2D eigenvalue weighted by Crippen LogP contribution is -2.34. The number of esters is 1. The van der Waals surface area contributed by atoms with Gasteiger partial charge in [-0.25, -0.2) is 4.79 Å². The molecular formula is C12H20O7. The standard InChI is InChI=1S/C12H20O7/c1-3-11(15)17-4-9(14)5-18-12(8(2)13)19-7-10-6-16-10/h3,8-10,12-14H,1,4-7H2,2H3. The quantitative estimate of drug-likeness (QED) is 0.234. The summed E-state index contributed by atoms with van der Waals surface area (Å²) in [6, 6.07) is 0. The van der Waals surface area contributed by atoms with Gasteiger partial charge in [0.2, 0.25) is 0 Å². The molecule has 0 amide bonds. The second-order valence-corrected chi connectivity index (χ2v) is 4.22. The average molecular weight is 276 g/mol. The van der Waals surface area contributed by atoms with Crippen molar-refractivity contribution in [3.05, 3.63) is 12.7 Å². The summed E-state index contributed by atoms with van der Waals surface area (Å²) in [5.41, 5.74) is 0. The first-order chi connectivity index (χ1) is 9.02. The Balaban J connectivity index is 2.17. The molecule has 1 fully saturated rings. The maximum atomic E-state index is 10.8. The number of hydrogen-bond acceptors (Lipinski definition) is 7. The van der Waals surface area contributed by atoms with Gasteiger partial charge in [-0.1, -0.05) is 6.58 Å². The number of aliphatic hydroxyl groups excluding tert-OH is 2. The molecule has 1 rings (SSSR count). The van der Waals surface area contributed by atoms with Gasteiger partial charge in [-0.15, -0.1) is 0 Å². The summed E-state index contributed by atoms with van der Waals surface area (Å²) in [6.07, 6.45) is -1.63. The van der Waals surface area contributed by atoms with E-state index >= 15 is 0 Å². The van der Waals surface area contributed by atoms with Crippen LogP contribution in [0.25, 0.3) is 0 Å². The highest BCUT2D eigenvalue weighted by atomic mass is 16.7. The molecule has 1 heterocycles. The molecule has 0 aromatic carbocycles. The van der Waals surface area contributed by atoms with E-state index in [1.165, 1.54) is 6.92 Å². The van der Waals surface area contributed by atoms with Crippen LogP contribution in [0.4, 0.5) is 0 Å². The van der Waals surface area contributed by atoms with Crippen molar-refractivity contribution in [2.45, 2.75) is 31.5 Å². The highest BCUT2D eigenvalue weighted by molar-refractivity contribution is 5.81. The van der Waals surface area contributed by atoms with E-state index in [0.29, 0.717) is 13.2 Å². The van der Waals surface area contributed by atoms with Crippen molar-refractivity contribution < 1.29 is 34.0 Å². The second-order valence-electron chi connectivity index (χ2n) is 4.22. The van der Waals surface area contributed by atoms with Crippen LogP contribution in [-0.4, -0.2) is 67.2 Å². The zero-order chi connectivity index (χ0) is 14.3. The van der Waals surface area contributed by atoms with Crippen LogP contribution in [0.5, 0.6) is 0 Å². The first-order valence-corrected chi connectivity index (χ1v) is 6.03. The Morgan fingerprint density at radius 2 is 2.16 bits per heavy atom. The molecule has 7 nitrogen and oxygen atoms in total. The molecule has 1 saturated heterocycles. The largest absolute Gasteiger partial charge is 0.460 e. The Bertz CT molecular complexity index is 288. The summed E-state index contributed by atoms with van der Waals surface area (Å²) < 4.78 is 20.1. The summed E-state index contributed by atoms with van der Waals surface area (Å²) in [6.45, 7) is 5.40. The SMILES string of the molecule is C=CC(=O)OCC(O)COC(OCC1CO1)C(C)O. The van der Waals surface area contributed by atoms with Crippen molar-refractivity contribution in [2.75, 3.05) is 26.4 Å².